The van der Waals surface area contributed by atoms with Crippen molar-refractivity contribution < 1.29 is 4.84 Å². The highest BCUT2D eigenvalue weighted by molar-refractivity contribution is 8.12. The van der Waals surface area contributed by atoms with E-state index in [1.165, 1.54) is 0 Å². The topological polar surface area (TPSA) is 21.6 Å². The molecule has 0 saturated carbocycles. The average molecular weight is 324 g/mol. The van der Waals surface area contributed by atoms with Gasteiger partial charge in [-0.3, -0.25) is 0 Å². The van der Waals surface area contributed by atoms with E-state index in [1.54, 1.807) is 11.8 Å². The van der Waals surface area contributed by atoms with Crippen molar-refractivity contribution in [3.63, 3.8) is 0 Å². The van der Waals surface area contributed by atoms with Crippen molar-refractivity contribution in [2.24, 2.45) is 5.16 Å². The third kappa shape index (κ3) is 14.7. The Bertz CT molecular complexity index is 275. The van der Waals surface area contributed by atoms with Crippen LogP contribution in [0.15, 0.2) is 5.16 Å². The lowest BCUT2D eigenvalue weighted by Crippen LogP contribution is -2.21. The van der Waals surface area contributed by atoms with Crippen LogP contribution in [0.4, 0.5) is 0 Å². The van der Waals surface area contributed by atoms with E-state index in [1.807, 2.05) is 32.5 Å². The highest BCUT2D eigenvalue weighted by Crippen LogP contribution is 2.30. The van der Waals surface area contributed by atoms with E-state index in [2.05, 4.69) is 52.4 Å². The highest BCUT2D eigenvalue weighted by atomic mass is 32.2. The average Bonchev–Trinajstić information content (AvgIpc) is 2.11. The van der Waals surface area contributed by atoms with Gasteiger partial charge in [0.15, 0.2) is 0 Å². The van der Waals surface area contributed by atoms with Gasteiger partial charge in [-0.15, -0.1) is 23.5 Å². The maximum absolute atomic E-state index is 5.56. The highest BCUT2D eigenvalue weighted by Gasteiger charge is 2.18. The van der Waals surface area contributed by atoms with Crippen molar-refractivity contribution >= 4 is 41.9 Å². The van der Waals surface area contributed by atoms with Crippen molar-refractivity contribution in [1.29, 1.82) is 0 Å². The van der Waals surface area contributed by atoms with Gasteiger partial charge in [0.1, 0.15) is 5.60 Å². The maximum Gasteiger partial charge on any atom is 0.129 e. The normalized spacial score (nSPS) is 14.7. The molecule has 19 heavy (non-hydrogen) atoms. The Kier molecular flexibility index (Phi) is 7.71. The van der Waals surface area contributed by atoms with Crippen LogP contribution in [0.25, 0.3) is 0 Å². The van der Waals surface area contributed by atoms with Crippen LogP contribution < -0.4 is 0 Å². The Morgan fingerprint density at radius 2 is 1.42 bits per heavy atom. The molecule has 0 atom stereocenters. The molecule has 0 unspecified atom stereocenters. The molecular weight excluding hydrogens is 294 g/mol. The number of oxime groups is 1. The summed E-state index contributed by atoms with van der Waals surface area (Å²) in [4.78, 5) is 5.56. The van der Waals surface area contributed by atoms with E-state index in [0.717, 1.165) is 17.2 Å². The molecule has 0 aromatic carbocycles. The second kappa shape index (κ2) is 7.51. The van der Waals surface area contributed by atoms with Crippen LogP contribution in [0, 0.1) is 0 Å². The molecule has 0 radical (unpaired) electrons. The van der Waals surface area contributed by atoms with E-state index < -0.39 is 0 Å². The summed E-state index contributed by atoms with van der Waals surface area (Å²) in [7, 11) is 0. The van der Waals surface area contributed by atoms with Gasteiger partial charge in [-0.1, -0.05) is 25.9 Å². The molecule has 0 bridgehead atoms. The number of rotatable bonds is 6. The lowest BCUT2D eigenvalue weighted by Gasteiger charge is -2.22. The van der Waals surface area contributed by atoms with Gasteiger partial charge in [-0.05, 0) is 34.6 Å². The zero-order valence-corrected chi connectivity index (χ0v) is 16.1. The molecule has 0 amide bonds. The van der Waals surface area contributed by atoms with Gasteiger partial charge >= 0.3 is 0 Å². The summed E-state index contributed by atoms with van der Waals surface area (Å²) in [5.74, 6) is 1.76. The zero-order valence-electron chi connectivity index (χ0n) is 13.5. The first-order chi connectivity index (χ1) is 8.29. The Balaban J connectivity index is 4.56. The third-order valence-corrected chi connectivity index (χ3v) is 4.63. The molecule has 0 spiro atoms. The number of thioether (sulfide) groups is 2. The van der Waals surface area contributed by atoms with Crippen LogP contribution in [0.1, 0.15) is 55.4 Å². The van der Waals surface area contributed by atoms with Gasteiger partial charge in [-0.25, -0.2) is 0 Å². The van der Waals surface area contributed by atoms with Gasteiger partial charge in [0.25, 0.3) is 0 Å². The van der Waals surface area contributed by atoms with Crippen molar-refractivity contribution in [3.8, 4) is 0 Å². The van der Waals surface area contributed by atoms with E-state index in [0.29, 0.717) is 0 Å². The largest absolute Gasteiger partial charge is 0.390 e. The minimum absolute atomic E-state index is 0.0467. The van der Waals surface area contributed by atoms with Crippen LogP contribution in [0.3, 0.4) is 0 Å². The number of hydrogen-bond donors (Lipinski definition) is 1. The van der Waals surface area contributed by atoms with Crippen LogP contribution in [0.5, 0.6) is 0 Å². The maximum atomic E-state index is 5.56. The van der Waals surface area contributed by atoms with E-state index in [9.17, 15) is 0 Å². The zero-order chi connectivity index (χ0) is 15.3. The first kappa shape index (κ1) is 19.5. The number of hydrogen-bond acceptors (Lipinski definition) is 5. The third-order valence-electron chi connectivity index (χ3n) is 1.71. The quantitative estimate of drug-likeness (QED) is 0.318. The SMILES string of the molecule is CC(C)(C)O/N=C(/CSC(C)(C)C)CSC(C)(C)S. The second-order valence-electron chi connectivity index (χ2n) is 7.00. The molecule has 2 nitrogen and oxygen atoms in total. The van der Waals surface area contributed by atoms with Crippen molar-refractivity contribution in [2.75, 3.05) is 11.5 Å². The first-order valence-electron chi connectivity index (χ1n) is 6.53. The Labute approximate surface area is 133 Å². The Morgan fingerprint density at radius 1 is 0.947 bits per heavy atom. The van der Waals surface area contributed by atoms with Gasteiger partial charge < -0.3 is 4.84 Å². The van der Waals surface area contributed by atoms with Crippen LogP contribution in [-0.4, -0.2) is 31.6 Å². The Hall–Kier alpha value is 0.520. The fourth-order valence-corrected chi connectivity index (χ4v) is 2.61. The smallest absolute Gasteiger partial charge is 0.129 e. The molecule has 0 saturated heterocycles. The first-order valence-corrected chi connectivity index (χ1v) is 8.95. The fourth-order valence-electron chi connectivity index (χ4n) is 0.856. The summed E-state index contributed by atoms with van der Waals surface area (Å²) < 4.78 is 0.193. The van der Waals surface area contributed by atoms with E-state index in [-0.39, 0.29) is 14.4 Å². The molecule has 0 aliphatic carbocycles. The minimum Gasteiger partial charge on any atom is -0.390 e. The molecule has 0 heterocycles. The molecule has 0 aliphatic heterocycles. The van der Waals surface area contributed by atoms with Crippen molar-refractivity contribution in [3.05, 3.63) is 0 Å². The molecule has 0 N–H and O–H groups in total. The summed E-state index contributed by atoms with van der Waals surface area (Å²) in [6.07, 6.45) is 0. The molecule has 114 valence electrons. The number of nitrogens with zero attached hydrogens (tertiary/aromatic N) is 1. The van der Waals surface area contributed by atoms with Crippen molar-refractivity contribution in [1.82, 2.24) is 0 Å². The van der Waals surface area contributed by atoms with E-state index in [4.69, 9.17) is 4.84 Å². The van der Waals surface area contributed by atoms with Gasteiger partial charge in [-0.2, -0.15) is 12.6 Å². The summed E-state index contributed by atoms with van der Waals surface area (Å²) in [6, 6.07) is 0. The van der Waals surface area contributed by atoms with Crippen molar-refractivity contribution in [2.45, 2.75) is 69.8 Å². The minimum atomic E-state index is -0.237. The monoisotopic (exact) mass is 323 g/mol. The van der Waals surface area contributed by atoms with Gasteiger partial charge in [0.05, 0.1) is 9.79 Å². The lowest BCUT2D eigenvalue weighted by atomic mass is 10.2. The van der Waals surface area contributed by atoms with Crippen LogP contribution in [-0.2, 0) is 4.84 Å². The summed E-state index contributed by atoms with van der Waals surface area (Å²) in [5.41, 5.74) is 0.848. The standard InChI is InChI=1S/C14H29NOS3/c1-12(2,3)16-15-11(9-18-13(4,5)6)10-19-14(7,8)17/h17H,9-10H2,1-8H3/b15-11-. The predicted molar refractivity (Wildman–Crippen MR) is 96.0 cm³/mol. The molecule has 5 heteroatoms. The Morgan fingerprint density at radius 3 is 1.79 bits per heavy atom. The molecular formula is C14H29NOS3. The van der Waals surface area contributed by atoms with Gasteiger partial charge in [0.2, 0.25) is 0 Å². The van der Waals surface area contributed by atoms with Crippen LogP contribution in [0.2, 0.25) is 0 Å². The molecule has 0 aliphatic rings. The summed E-state index contributed by atoms with van der Waals surface area (Å²) in [6.45, 7) is 16.9. The summed E-state index contributed by atoms with van der Waals surface area (Å²) in [5, 5.41) is 4.34. The van der Waals surface area contributed by atoms with Crippen LogP contribution >= 0.6 is 36.2 Å². The molecule has 0 fully saturated rings. The lowest BCUT2D eigenvalue weighted by molar-refractivity contribution is 0.000833. The van der Waals surface area contributed by atoms with E-state index >= 15 is 0 Å². The fraction of sp³-hybridized carbons (Fsp3) is 0.929. The molecule has 0 rings (SSSR count). The summed E-state index contributed by atoms with van der Waals surface area (Å²) >= 11 is 8.22. The van der Waals surface area contributed by atoms with Gasteiger partial charge in [0, 0.05) is 16.3 Å². The second-order valence-corrected chi connectivity index (χ2v) is 11.8. The molecule has 0 aromatic rings. The molecule has 0 aromatic heterocycles. The predicted octanol–water partition coefficient (Wildman–Crippen LogP) is 5.09. The number of thiol groups is 1.